The van der Waals surface area contributed by atoms with E-state index < -0.39 is 0 Å². The van der Waals surface area contributed by atoms with Crippen molar-refractivity contribution in [1.29, 1.82) is 0 Å². The molecular formula is C6H10O4. The van der Waals surface area contributed by atoms with Crippen molar-refractivity contribution in [1.82, 2.24) is 0 Å². The Labute approximate surface area is 59.3 Å². The fourth-order valence-electron chi connectivity index (χ4n) is 0.264. The van der Waals surface area contributed by atoms with Crippen LogP contribution in [-0.4, -0.2) is 19.7 Å². The molecule has 1 aliphatic heterocycles. The monoisotopic (exact) mass is 146 g/mol. The summed E-state index contributed by atoms with van der Waals surface area (Å²) < 4.78 is 4.15. The molecule has 0 amide bonds. The van der Waals surface area contributed by atoms with Crippen LogP contribution in [0.4, 0.5) is 0 Å². The third-order valence-corrected chi connectivity index (χ3v) is 0.619. The minimum Gasteiger partial charge on any atom is -0.468 e. The molecule has 0 saturated carbocycles. The summed E-state index contributed by atoms with van der Waals surface area (Å²) in [7, 11) is 0. The Balaban J connectivity index is 0.000000162. The van der Waals surface area contributed by atoms with E-state index in [1.807, 2.05) is 0 Å². The molecule has 0 unspecified atom stereocenters. The van der Waals surface area contributed by atoms with E-state index in [2.05, 4.69) is 14.5 Å². The van der Waals surface area contributed by atoms with E-state index in [4.69, 9.17) is 0 Å². The quantitative estimate of drug-likeness (QED) is 0.423. The lowest BCUT2D eigenvalue weighted by Crippen LogP contribution is -1.80. The Hall–Kier alpha value is -1.03. The molecule has 0 saturated heterocycles. The number of ether oxygens (including phenoxy) is 1. The summed E-state index contributed by atoms with van der Waals surface area (Å²) in [6.45, 7) is 3.26. The van der Waals surface area contributed by atoms with Gasteiger partial charge in [0.1, 0.15) is 12.9 Å². The second kappa shape index (κ2) is 7.97. The molecule has 1 rings (SSSR count). The van der Waals surface area contributed by atoms with Gasteiger partial charge in [-0.3, -0.25) is 4.79 Å². The molecule has 0 spiro atoms. The maximum absolute atomic E-state index is 9.18. The van der Waals surface area contributed by atoms with Crippen LogP contribution in [0.1, 0.15) is 6.92 Å². The zero-order chi connectivity index (χ0) is 7.66. The Bertz CT molecular complexity index is 93.9. The van der Waals surface area contributed by atoms with Crippen molar-refractivity contribution in [2.75, 3.05) is 13.2 Å². The smallest absolute Gasteiger partial charge is 0.293 e. The largest absolute Gasteiger partial charge is 0.468 e. The van der Waals surface area contributed by atoms with Crippen LogP contribution in [0.3, 0.4) is 0 Å². The normalized spacial score (nSPS) is 12.9. The van der Waals surface area contributed by atoms with Gasteiger partial charge in [0.05, 0.1) is 6.61 Å². The minimum absolute atomic E-state index is 0.431. The van der Waals surface area contributed by atoms with Gasteiger partial charge >= 0.3 is 0 Å². The summed E-state index contributed by atoms with van der Waals surface area (Å²) in [5.74, 6) is 0. The van der Waals surface area contributed by atoms with E-state index >= 15 is 0 Å². The third kappa shape index (κ3) is 6.97. The summed E-state index contributed by atoms with van der Waals surface area (Å²) in [6, 6.07) is 0. The highest BCUT2D eigenvalue weighted by Crippen LogP contribution is 1.88. The molecule has 0 bridgehead atoms. The number of hydrogen-bond donors (Lipinski definition) is 0. The Kier molecular flexibility index (Phi) is 7.15. The highest BCUT2D eigenvalue weighted by Gasteiger charge is 1.84. The summed E-state index contributed by atoms with van der Waals surface area (Å²) in [6.07, 6.45) is 3.31. The molecule has 1 aliphatic rings. The van der Waals surface area contributed by atoms with Gasteiger partial charge in [-0.1, -0.05) is 0 Å². The van der Waals surface area contributed by atoms with Gasteiger partial charge in [-0.25, -0.2) is 0 Å². The first-order valence-corrected chi connectivity index (χ1v) is 2.90. The van der Waals surface area contributed by atoms with Crippen LogP contribution < -0.4 is 0 Å². The molecule has 0 fully saturated rings. The van der Waals surface area contributed by atoms with Gasteiger partial charge in [-0.2, -0.15) is 4.89 Å². The van der Waals surface area contributed by atoms with Crippen LogP contribution in [0.25, 0.3) is 0 Å². The number of hydrogen-bond acceptors (Lipinski definition) is 4. The van der Waals surface area contributed by atoms with Crippen LogP contribution in [-0.2, 0) is 19.3 Å². The van der Waals surface area contributed by atoms with Gasteiger partial charge in [0, 0.05) is 0 Å². The van der Waals surface area contributed by atoms with Crippen molar-refractivity contribution >= 4 is 6.47 Å². The first-order valence-electron chi connectivity index (χ1n) is 2.90. The molecule has 1 heterocycles. The molecule has 0 radical (unpaired) electrons. The van der Waals surface area contributed by atoms with Gasteiger partial charge < -0.3 is 9.62 Å². The number of rotatable bonds is 2. The van der Waals surface area contributed by atoms with Crippen LogP contribution in [0.2, 0.25) is 0 Å². The highest BCUT2D eigenvalue weighted by atomic mass is 17.2. The molecular weight excluding hydrogens is 136 g/mol. The zero-order valence-corrected chi connectivity index (χ0v) is 5.78. The van der Waals surface area contributed by atoms with E-state index in [1.54, 1.807) is 13.0 Å². The van der Waals surface area contributed by atoms with E-state index in [0.29, 0.717) is 19.7 Å². The molecule has 4 nitrogen and oxygen atoms in total. The maximum Gasteiger partial charge on any atom is 0.293 e. The molecule has 0 aliphatic carbocycles. The number of carbonyl (C=O) groups excluding carboxylic acids is 1. The summed E-state index contributed by atoms with van der Waals surface area (Å²) in [5.41, 5.74) is 0. The second-order valence-electron chi connectivity index (χ2n) is 1.30. The molecule has 4 heteroatoms. The van der Waals surface area contributed by atoms with Gasteiger partial charge in [-0.05, 0) is 13.0 Å². The van der Waals surface area contributed by atoms with Crippen LogP contribution in [0, 0.1) is 0 Å². The Morgan fingerprint density at radius 1 is 1.80 bits per heavy atom. The molecule has 0 N–H and O–H groups in total. The molecule has 58 valence electrons. The van der Waals surface area contributed by atoms with Gasteiger partial charge in [-0.15, -0.1) is 0 Å². The third-order valence-electron chi connectivity index (χ3n) is 0.619. The van der Waals surface area contributed by atoms with E-state index in [1.165, 1.54) is 6.26 Å². The van der Waals surface area contributed by atoms with Crippen molar-refractivity contribution < 1.29 is 19.3 Å². The van der Waals surface area contributed by atoms with Gasteiger partial charge in [0.2, 0.25) is 0 Å². The SMILES string of the molecule is C1=COOC1.CCOC=O. The maximum atomic E-state index is 9.18. The minimum atomic E-state index is 0.431. The van der Waals surface area contributed by atoms with Crippen LogP contribution in [0.15, 0.2) is 12.3 Å². The number of carbonyl (C=O) groups is 1. The predicted molar refractivity (Wildman–Crippen MR) is 33.9 cm³/mol. The molecule has 10 heavy (non-hydrogen) atoms. The fraction of sp³-hybridized carbons (Fsp3) is 0.500. The van der Waals surface area contributed by atoms with Crippen molar-refractivity contribution in [3.05, 3.63) is 12.3 Å². The lowest BCUT2D eigenvalue weighted by atomic mass is 10.7. The van der Waals surface area contributed by atoms with E-state index in [9.17, 15) is 4.79 Å². The van der Waals surface area contributed by atoms with Crippen molar-refractivity contribution in [2.24, 2.45) is 0 Å². The highest BCUT2D eigenvalue weighted by molar-refractivity contribution is 5.36. The Morgan fingerprint density at radius 2 is 2.60 bits per heavy atom. The van der Waals surface area contributed by atoms with Crippen LogP contribution >= 0.6 is 0 Å². The summed E-state index contributed by atoms with van der Waals surface area (Å²) in [4.78, 5) is 17.8. The first kappa shape index (κ1) is 8.97. The van der Waals surface area contributed by atoms with Crippen LogP contribution in [0.5, 0.6) is 0 Å². The zero-order valence-electron chi connectivity index (χ0n) is 5.78. The predicted octanol–water partition coefficient (Wildman–Crippen LogP) is 0.641. The van der Waals surface area contributed by atoms with Crippen molar-refractivity contribution in [3.8, 4) is 0 Å². The topological polar surface area (TPSA) is 44.8 Å². The van der Waals surface area contributed by atoms with Crippen molar-refractivity contribution in [3.63, 3.8) is 0 Å². The molecule has 0 aromatic heterocycles. The van der Waals surface area contributed by atoms with Gasteiger partial charge in [0.15, 0.2) is 0 Å². The van der Waals surface area contributed by atoms with Gasteiger partial charge in [0.25, 0.3) is 6.47 Å². The lowest BCUT2D eigenvalue weighted by molar-refractivity contribution is -0.221. The molecule has 0 aromatic rings. The lowest BCUT2D eigenvalue weighted by Gasteiger charge is -1.80. The average molecular weight is 146 g/mol. The van der Waals surface area contributed by atoms with E-state index in [0.717, 1.165) is 0 Å². The first-order chi connectivity index (χ1) is 4.91. The standard InChI is InChI=1S/C3H4O2.C3H6O2/c1-2-4-5-3-1;1-2-5-3-4/h1-2H,3H2;3H,2H2,1H3. The average Bonchev–Trinajstić information content (AvgIpc) is 2.44. The second-order valence-corrected chi connectivity index (χ2v) is 1.30. The fourth-order valence-corrected chi connectivity index (χ4v) is 0.264. The van der Waals surface area contributed by atoms with E-state index in [-0.39, 0.29) is 0 Å². The van der Waals surface area contributed by atoms with Crippen molar-refractivity contribution in [2.45, 2.75) is 6.92 Å². The Morgan fingerprint density at radius 3 is 2.70 bits per heavy atom. The molecule has 0 atom stereocenters. The summed E-state index contributed by atoms with van der Waals surface area (Å²) >= 11 is 0. The molecule has 0 aromatic carbocycles. The summed E-state index contributed by atoms with van der Waals surface area (Å²) in [5, 5.41) is 0.